The minimum absolute atomic E-state index is 0.145. The number of methoxy groups -OCH3 is 2. The van der Waals surface area contributed by atoms with Crippen LogP contribution in [0.1, 0.15) is 6.42 Å². The number of hydrogen-bond acceptors (Lipinski definition) is 4. The average Bonchev–Trinajstić information content (AvgIpc) is 2.86. The van der Waals surface area contributed by atoms with Gasteiger partial charge in [-0.1, -0.05) is 12.2 Å². The minimum atomic E-state index is -0.350. The quantitative estimate of drug-likeness (QED) is 0.499. The van der Waals surface area contributed by atoms with Crippen LogP contribution in [0.5, 0.6) is 0 Å². The van der Waals surface area contributed by atoms with Crippen LogP contribution in [0.3, 0.4) is 0 Å². The Kier molecular flexibility index (Phi) is 2.50. The highest BCUT2D eigenvalue weighted by Gasteiger charge is 2.52. The van der Waals surface area contributed by atoms with Gasteiger partial charge in [0.1, 0.15) is 0 Å². The Morgan fingerprint density at radius 2 is 1.40 bits per heavy atom. The number of esters is 2. The highest BCUT2D eigenvalue weighted by molar-refractivity contribution is 5.84. The van der Waals surface area contributed by atoms with E-state index in [0.29, 0.717) is 0 Å². The molecule has 1 saturated carbocycles. The third kappa shape index (κ3) is 1.44. The predicted octanol–water partition coefficient (Wildman–Crippen LogP) is 0.771. The first-order valence-corrected chi connectivity index (χ1v) is 5.03. The number of carbonyl (C=O) groups is 2. The number of fused-ring (bicyclic) bond motifs is 2. The molecule has 15 heavy (non-hydrogen) atoms. The lowest BCUT2D eigenvalue weighted by atomic mass is 9.83. The third-order valence-corrected chi connectivity index (χ3v) is 3.41. The lowest BCUT2D eigenvalue weighted by Gasteiger charge is -2.23. The molecule has 1 fully saturated rings. The molecule has 0 amide bonds. The van der Waals surface area contributed by atoms with Crippen molar-refractivity contribution >= 4 is 11.9 Å². The number of carbonyl (C=O) groups excluding carboxylic acids is 2. The van der Waals surface area contributed by atoms with Gasteiger partial charge in [0.2, 0.25) is 0 Å². The van der Waals surface area contributed by atoms with Crippen LogP contribution in [-0.2, 0) is 19.1 Å². The molecule has 2 rings (SSSR count). The van der Waals surface area contributed by atoms with Crippen LogP contribution in [0.15, 0.2) is 12.2 Å². The van der Waals surface area contributed by atoms with Crippen LogP contribution < -0.4 is 0 Å². The zero-order valence-corrected chi connectivity index (χ0v) is 8.80. The minimum Gasteiger partial charge on any atom is -0.469 e. The van der Waals surface area contributed by atoms with Gasteiger partial charge in [-0.25, -0.2) is 0 Å². The molecule has 2 bridgehead atoms. The van der Waals surface area contributed by atoms with Gasteiger partial charge in [-0.15, -0.1) is 0 Å². The van der Waals surface area contributed by atoms with Crippen molar-refractivity contribution in [2.75, 3.05) is 14.2 Å². The highest BCUT2D eigenvalue weighted by atomic mass is 16.5. The summed E-state index contributed by atoms with van der Waals surface area (Å²) in [5.41, 5.74) is 0. The lowest BCUT2D eigenvalue weighted by Crippen LogP contribution is -2.34. The van der Waals surface area contributed by atoms with E-state index in [0.717, 1.165) is 6.42 Å². The van der Waals surface area contributed by atoms with E-state index in [4.69, 9.17) is 9.47 Å². The molecule has 0 aliphatic heterocycles. The zero-order chi connectivity index (χ0) is 11.0. The van der Waals surface area contributed by atoms with E-state index in [1.807, 2.05) is 12.2 Å². The second-order valence-corrected chi connectivity index (χ2v) is 4.05. The van der Waals surface area contributed by atoms with Gasteiger partial charge in [-0.05, 0) is 18.3 Å². The summed E-state index contributed by atoms with van der Waals surface area (Å²) in [5.74, 6) is -1.02. The smallest absolute Gasteiger partial charge is 0.310 e. The zero-order valence-electron chi connectivity index (χ0n) is 8.80. The molecule has 2 aliphatic rings. The standard InChI is InChI=1S/C11H14O4/c1-14-10(12)8-6-3-4-7(5-6)9(8)11(13)15-2/h3-4,6-9H,5H2,1-2H3/t6-,7+,8+,9-. The van der Waals surface area contributed by atoms with E-state index in [1.165, 1.54) is 14.2 Å². The van der Waals surface area contributed by atoms with E-state index >= 15 is 0 Å². The first-order chi connectivity index (χ1) is 7.19. The van der Waals surface area contributed by atoms with Gasteiger partial charge >= 0.3 is 11.9 Å². The van der Waals surface area contributed by atoms with E-state index < -0.39 is 0 Å². The normalized spacial score (nSPS) is 36.7. The molecular weight excluding hydrogens is 196 g/mol. The number of hydrogen-bond donors (Lipinski definition) is 0. The molecule has 4 nitrogen and oxygen atoms in total. The van der Waals surface area contributed by atoms with E-state index in [2.05, 4.69) is 0 Å². The molecule has 0 spiro atoms. The molecular formula is C11H14O4. The van der Waals surface area contributed by atoms with Crippen molar-refractivity contribution in [3.8, 4) is 0 Å². The van der Waals surface area contributed by atoms with Gasteiger partial charge in [0, 0.05) is 0 Å². The van der Waals surface area contributed by atoms with Crippen LogP contribution >= 0.6 is 0 Å². The second-order valence-electron chi connectivity index (χ2n) is 4.05. The Morgan fingerprint density at radius 1 is 1.00 bits per heavy atom. The molecule has 0 aromatic carbocycles. The summed E-state index contributed by atoms with van der Waals surface area (Å²) in [6, 6.07) is 0. The Labute approximate surface area is 88.2 Å². The fourth-order valence-electron chi connectivity index (χ4n) is 2.74. The van der Waals surface area contributed by atoms with Crippen molar-refractivity contribution in [2.45, 2.75) is 6.42 Å². The topological polar surface area (TPSA) is 52.6 Å². The summed E-state index contributed by atoms with van der Waals surface area (Å²) in [6.07, 6.45) is 4.87. The third-order valence-electron chi connectivity index (χ3n) is 3.41. The average molecular weight is 210 g/mol. The van der Waals surface area contributed by atoms with Crippen LogP contribution in [0.4, 0.5) is 0 Å². The van der Waals surface area contributed by atoms with E-state index in [9.17, 15) is 9.59 Å². The summed E-state index contributed by atoms with van der Waals surface area (Å²) in [4.78, 5) is 23.1. The summed E-state index contributed by atoms with van der Waals surface area (Å²) in [7, 11) is 2.71. The predicted molar refractivity (Wildman–Crippen MR) is 51.7 cm³/mol. The molecule has 0 unspecified atom stereocenters. The Hall–Kier alpha value is -1.32. The highest BCUT2D eigenvalue weighted by Crippen LogP contribution is 2.48. The molecule has 4 atom stereocenters. The summed E-state index contributed by atoms with van der Waals surface area (Å²) in [5, 5.41) is 0. The van der Waals surface area contributed by atoms with Gasteiger partial charge in [0.25, 0.3) is 0 Å². The van der Waals surface area contributed by atoms with Crippen molar-refractivity contribution in [3.05, 3.63) is 12.2 Å². The van der Waals surface area contributed by atoms with Crippen LogP contribution in [0.2, 0.25) is 0 Å². The van der Waals surface area contributed by atoms with Gasteiger partial charge in [0.05, 0.1) is 26.1 Å². The molecule has 0 saturated heterocycles. The first-order valence-electron chi connectivity index (χ1n) is 5.03. The molecule has 0 aromatic rings. The van der Waals surface area contributed by atoms with E-state index in [1.54, 1.807) is 0 Å². The van der Waals surface area contributed by atoms with Gasteiger partial charge in [-0.2, -0.15) is 0 Å². The molecule has 82 valence electrons. The molecule has 0 N–H and O–H groups in total. The molecule has 4 heteroatoms. The molecule has 0 aromatic heterocycles. The first kappa shape index (κ1) is 10.2. The second kappa shape index (κ2) is 3.68. The van der Waals surface area contributed by atoms with Crippen molar-refractivity contribution in [3.63, 3.8) is 0 Å². The van der Waals surface area contributed by atoms with Crippen LogP contribution in [-0.4, -0.2) is 26.2 Å². The summed E-state index contributed by atoms with van der Waals surface area (Å²) in [6.45, 7) is 0. The summed E-state index contributed by atoms with van der Waals surface area (Å²) < 4.78 is 9.46. The maximum absolute atomic E-state index is 11.6. The lowest BCUT2D eigenvalue weighted by molar-refractivity contribution is -0.158. The van der Waals surface area contributed by atoms with Crippen molar-refractivity contribution in [1.82, 2.24) is 0 Å². The largest absolute Gasteiger partial charge is 0.469 e. The molecule has 0 radical (unpaired) electrons. The van der Waals surface area contributed by atoms with Gasteiger partial charge in [0.15, 0.2) is 0 Å². The number of rotatable bonds is 2. The van der Waals surface area contributed by atoms with Crippen LogP contribution in [0.25, 0.3) is 0 Å². The maximum Gasteiger partial charge on any atom is 0.310 e. The Morgan fingerprint density at radius 3 is 1.73 bits per heavy atom. The van der Waals surface area contributed by atoms with Crippen LogP contribution in [0, 0.1) is 23.7 Å². The van der Waals surface area contributed by atoms with Crippen molar-refractivity contribution < 1.29 is 19.1 Å². The van der Waals surface area contributed by atoms with Gasteiger partial charge < -0.3 is 9.47 Å². The SMILES string of the molecule is COC(=O)[C@@H]1[C@H](C(=O)OC)[C@H]2C=C[C@@H]1C2. The Balaban J connectivity index is 2.24. The number of ether oxygens (including phenoxy) is 2. The summed E-state index contributed by atoms with van der Waals surface area (Å²) >= 11 is 0. The Bertz CT molecular complexity index is 291. The number of allylic oxidation sites excluding steroid dienone is 2. The van der Waals surface area contributed by atoms with Crippen molar-refractivity contribution in [1.29, 1.82) is 0 Å². The van der Waals surface area contributed by atoms with E-state index in [-0.39, 0.29) is 35.6 Å². The monoisotopic (exact) mass is 210 g/mol. The maximum atomic E-state index is 11.6. The fourth-order valence-corrected chi connectivity index (χ4v) is 2.74. The fraction of sp³-hybridized carbons (Fsp3) is 0.636. The van der Waals surface area contributed by atoms with Crippen molar-refractivity contribution in [2.24, 2.45) is 23.7 Å². The molecule has 0 heterocycles. The molecule has 2 aliphatic carbocycles. The van der Waals surface area contributed by atoms with Gasteiger partial charge in [-0.3, -0.25) is 9.59 Å².